The molecular formula is C28H20ClNO5. The van der Waals surface area contributed by atoms with Gasteiger partial charge in [-0.1, -0.05) is 60.1 Å². The highest BCUT2D eigenvalue weighted by Gasteiger charge is 2.74. The van der Waals surface area contributed by atoms with Crippen LogP contribution in [0, 0.1) is 25.7 Å². The number of benzene rings is 3. The van der Waals surface area contributed by atoms with Crippen LogP contribution in [0.15, 0.2) is 66.7 Å². The molecule has 174 valence electrons. The summed E-state index contributed by atoms with van der Waals surface area (Å²) in [5, 5.41) is 0.327. The van der Waals surface area contributed by atoms with Crippen molar-refractivity contribution in [2.45, 2.75) is 25.6 Å². The van der Waals surface area contributed by atoms with E-state index < -0.39 is 46.9 Å². The highest BCUT2D eigenvalue weighted by atomic mass is 35.5. The average molecular weight is 486 g/mol. The molecule has 0 radical (unpaired) electrons. The van der Waals surface area contributed by atoms with Crippen LogP contribution >= 0.6 is 11.6 Å². The van der Waals surface area contributed by atoms with E-state index in [0.717, 1.165) is 16.0 Å². The van der Waals surface area contributed by atoms with Gasteiger partial charge in [-0.05, 0) is 43.2 Å². The summed E-state index contributed by atoms with van der Waals surface area (Å²) in [6.07, 6.45) is -1.04. The highest BCUT2D eigenvalue weighted by Crippen LogP contribution is 2.58. The number of ketones is 2. The van der Waals surface area contributed by atoms with E-state index in [1.807, 2.05) is 19.9 Å². The van der Waals surface area contributed by atoms with Gasteiger partial charge in [0.25, 0.3) is 0 Å². The van der Waals surface area contributed by atoms with E-state index in [-0.39, 0.29) is 11.1 Å². The largest absolute Gasteiger partial charge is 0.349 e. The first-order chi connectivity index (χ1) is 16.8. The molecule has 6 rings (SSSR count). The number of anilines is 1. The van der Waals surface area contributed by atoms with Crippen molar-refractivity contribution in [1.29, 1.82) is 0 Å². The van der Waals surface area contributed by atoms with Gasteiger partial charge in [-0.15, -0.1) is 0 Å². The minimum Gasteiger partial charge on any atom is -0.349 e. The Morgan fingerprint density at radius 2 is 1.43 bits per heavy atom. The number of amides is 2. The Bertz CT molecular complexity index is 1440. The molecule has 0 bridgehead atoms. The van der Waals surface area contributed by atoms with Crippen molar-refractivity contribution in [3.63, 3.8) is 0 Å². The van der Waals surface area contributed by atoms with Crippen molar-refractivity contribution in [1.82, 2.24) is 0 Å². The maximum atomic E-state index is 13.9. The molecular weight excluding hydrogens is 466 g/mol. The Hall–Kier alpha value is -3.61. The third kappa shape index (κ3) is 2.75. The summed E-state index contributed by atoms with van der Waals surface area (Å²) in [6.45, 7) is 3.83. The number of fused-ring (bicyclic) bond motifs is 3. The Morgan fingerprint density at radius 3 is 2.06 bits per heavy atom. The number of aryl methyl sites for hydroxylation is 2. The van der Waals surface area contributed by atoms with Crippen LogP contribution in [0.1, 0.15) is 43.5 Å². The van der Waals surface area contributed by atoms with Gasteiger partial charge in [-0.25, -0.2) is 4.90 Å². The third-order valence-corrected chi connectivity index (χ3v) is 7.82. The zero-order valence-corrected chi connectivity index (χ0v) is 19.7. The fraction of sp³-hybridized carbons (Fsp3) is 0.214. The molecule has 3 atom stereocenters. The lowest BCUT2D eigenvalue weighted by molar-refractivity contribution is -0.127. The summed E-state index contributed by atoms with van der Waals surface area (Å²) in [7, 11) is 0. The Labute approximate surface area is 206 Å². The summed E-state index contributed by atoms with van der Waals surface area (Å²) >= 11 is 6.47. The van der Waals surface area contributed by atoms with Crippen LogP contribution in [0.25, 0.3) is 0 Å². The molecule has 0 unspecified atom stereocenters. The summed E-state index contributed by atoms with van der Waals surface area (Å²) in [5.74, 6) is -4.69. The van der Waals surface area contributed by atoms with Gasteiger partial charge in [0, 0.05) is 21.7 Å². The number of nitrogens with zero attached hydrogens (tertiary/aromatic N) is 1. The van der Waals surface area contributed by atoms with Crippen LogP contribution < -0.4 is 4.90 Å². The normalized spacial score (nSPS) is 24.4. The second-order valence-electron chi connectivity index (χ2n) is 9.28. The highest BCUT2D eigenvalue weighted by molar-refractivity contribution is 6.37. The van der Waals surface area contributed by atoms with Crippen molar-refractivity contribution in [2.75, 3.05) is 4.90 Å². The zero-order valence-electron chi connectivity index (χ0n) is 18.9. The van der Waals surface area contributed by atoms with Gasteiger partial charge in [0.15, 0.2) is 0 Å². The second kappa shape index (κ2) is 7.44. The minimum atomic E-state index is -2.11. The molecule has 0 aromatic heterocycles. The molecule has 7 heteroatoms. The van der Waals surface area contributed by atoms with E-state index in [1.54, 1.807) is 60.7 Å². The lowest BCUT2D eigenvalue weighted by Gasteiger charge is -2.27. The first-order valence-corrected chi connectivity index (χ1v) is 11.7. The predicted molar refractivity (Wildman–Crippen MR) is 129 cm³/mol. The quantitative estimate of drug-likeness (QED) is 0.390. The van der Waals surface area contributed by atoms with Gasteiger partial charge in [-0.3, -0.25) is 19.2 Å². The van der Waals surface area contributed by atoms with Crippen LogP contribution in [0.3, 0.4) is 0 Å². The van der Waals surface area contributed by atoms with E-state index in [9.17, 15) is 19.2 Å². The molecule has 2 heterocycles. The first-order valence-electron chi connectivity index (χ1n) is 11.3. The van der Waals surface area contributed by atoms with E-state index in [1.165, 1.54) is 0 Å². The standard InChI is InChI=1S/C28H20ClNO5/c1-14-11-12-16(13-15(14)2)30-26(33)21-22(27(30)34)28(35-23(21)19-9-5-6-10-20(19)29)24(31)17-7-3-4-8-18(17)25(28)32/h3-13,21-23H,1-2H3/t21-,22+,23-/m0/s1. The molecule has 2 amide bonds. The zero-order chi connectivity index (χ0) is 24.6. The number of ether oxygens (including phenoxy) is 1. The molecule has 0 saturated carbocycles. The molecule has 2 fully saturated rings. The van der Waals surface area contributed by atoms with E-state index in [4.69, 9.17) is 16.3 Å². The number of halogens is 1. The van der Waals surface area contributed by atoms with Crippen molar-refractivity contribution in [2.24, 2.45) is 11.8 Å². The van der Waals surface area contributed by atoms with Gasteiger partial charge in [0.05, 0.1) is 23.6 Å². The molecule has 6 nitrogen and oxygen atoms in total. The Balaban J connectivity index is 1.56. The number of Topliss-reactive ketones (excluding diaryl/α,β-unsaturated/α-hetero) is 2. The molecule has 2 aliphatic heterocycles. The number of imide groups is 1. The fourth-order valence-electron chi connectivity index (χ4n) is 5.62. The van der Waals surface area contributed by atoms with Crippen LogP contribution in [0.4, 0.5) is 5.69 Å². The lowest BCUT2D eigenvalue weighted by Crippen LogP contribution is -2.51. The number of hydrogen-bond donors (Lipinski definition) is 0. The van der Waals surface area contributed by atoms with E-state index in [2.05, 4.69) is 0 Å². The molecule has 3 aromatic rings. The van der Waals surface area contributed by atoms with Gasteiger partial charge in [0.1, 0.15) is 0 Å². The van der Waals surface area contributed by atoms with Crippen LogP contribution in [-0.2, 0) is 14.3 Å². The topological polar surface area (TPSA) is 80.8 Å². The van der Waals surface area contributed by atoms with Crippen molar-refractivity contribution in [3.8, 4) is 0 Å². The molecule has 35 heavy (non-hydrogen) atoms. The molecule has 1 aliphatic carbocycles. The summed E-state index contributed by atoms with van der Waals surface area (Å²) in [5.41, 5.74) is 1.07. The third-order valence-electron chi connectivity index (χ3n) is 7.48. The molecule has 3 aromatic carbocycles. The molecule has 0 N–H and O–H groups in total. The van der Waals surface area contributed by atoms with E-state index in [0.29, 0.717) is 16.3 Å². The maximum absolute atomic E-state index is 13.9. The summed E-state index contributed by atoms with van der Waals surface area (Å²) in [4.78, 5) is 56.5. The number of carbonyl (C=O) groups excluding carboxylic acids is 4. The predicted octanol–water partition coefficient (Wildman–Crippen LogP) is 4.65. The average Bonchev–Trinajstić information content (AvgIpc) is 3.41. The van der Waals surface area contributed by atoms with Gasteiger partial charge < -0.3 is 4.74 Å². The first kappa shape index (κ1) is 21.9. The summed E-state index contributed by atoms with van der Waals surface area (Å²) in [6, 6.07) is 18.5. The van der Waals surface area contributed by atoms with Crippen molar-refractivity contribution >= 4 is 40.7 Å². The molecule has 2 saturated heterocycles. The van der Waals surface area contributed by atoms with E-state index >= 15 is 0 Å². The lowest BCUT2D eigenvalue weighted by atomic mass is 9.77. The smallest absolute Gasteiger partial charge is 0.241 e. The second-order valence-corrected chi connectivity index (χ2v) is 9.69. The SMILES string of the molecule is Cc1ccc(N2C(=O)[C@@H]3[C@H](c4ccccc4Cl)OC4(C(=O)c5ccccc5C4=O)[C@H]3C2=O)cc1C. The number of carbonyl (C=O) groups is 4. The molecule has 1 spiro atoms. The monoisotopic (exact) mass is 485 g/mol. The van der Waals surface area contributed by atoms with Crippen molar-refractivity contribution < 1.29 is 23.9 Å². The summed E-state index contributed by atoms with van der Waals surface area (Å²) < 4.78 is 6.27. The minimum absolute atomic E-state index is 0.195. The Morgan fingerprint density at radius 1 is 0.800 bits per heavy atom. The fourth-order valence-corrected chi connectivity index (χ4v) is 5.87. The number of hydrogen-bond acceptors (Lipinski definition) is 5. The number of rotatable bonds is 2. The van der Waals surface area contributed by atoms with Gasteiger partial charge >= 0.3 is 0 Å². The van der Waals surface area contributed by atoms with Crippen molar-refractivity contribution in [3.05, 3.63) is 99.6 Å². The molecule has 3 aliphatic rings. The van der Waals surface area contributed by atoms with Gasteiger partial charge in [0.2, 0.25) is 29.0 Å². The van der Waals surface area contributed by atoms with Crippen LogP contribution in [0.5, 0.6) is 0 Å². The van der Waals surface area contributed by atoms with Crippen LogP contribution in [-0.4, -0.2) is 29.0 Å². The van der Waals surface area contributed by atoms with Crippen LogP contribution in [0.2, 0.25) is 5.02 Å². The maximum Gasteiger partial charge on any atom is 0.241 e. The van der Waals surface area contributed by atoms with Gasteiger partial charge in [-0.2, -0.15) is 0 Å². The Kier molecular flexibility index (Phi) is 4.66.